The van der Waals surface area contributed by atoms with E-state index in [0.717, 1.165) is 0 Å². The molecule has 0 aromatic carbocycles. The van der Waals surface area contributed by atoms with E-state index >= 15 is 4.39 Å². The molecule has 0 spiro atoms. The van der Waals surface area contributed by atoms with E-state index in [0.29, 0.717) is 38.0 Å². The average molecular weight is 566 g/mol. The number of halogens is 1. The first kappa shape index (κ1) is 29.3. The average Bonchev–Trinajstić information content (AvgIpc) is 3.29. The zero-order chi connectivity index (χ0) is 29.1. The van der Waals surface area contributed by atoms with Gasteiger partial charge in [-0.3, -0.25) is 9.59 Å². The molecule has 10 nitrogen and oxygen atoms in total. The number of ketones is 2. The van der Waals surface area contributed by atoms with Gasteiger partial charge in [-0.1, -0.05) is 18.6 Å². The van der Waals surface area contributed by atoms with Crippen LogP contribution in [-0.2, 0) is 33.3 Å². The van der Waals surface area contributed by atoms with Gasteiger partial charge in [0.1, 0.15) is 6.61 Å². The Labute approximate surface area is 233 Å². The first-order valence-electron chi connectivity index (χ1n) is 14.0. The molecule has 222 valence electrons. The van der Waals surface area contributed by atoms with E-state index in [2.05, 4.69) is 0 Å². The van der Waals surface area contributed by atoms with E-state index in [1.54, 1.807) is 26.8 Å². The summed E-state index contributed by atoms with van der Waals surface area (Å²) in [7, 11) is 0. The second-order valence-corrected chi connectivity index (χ2v) is 12.6. The summed E-state index contributed by atoms with van der Waals surface area (Å²) in [5.74, 6) is -2.82. The minimum Gasteiger partial charge on any atom is -0.432 e. The van der Waals surface area contributed by atoms with E-state index in [1.807, 2.05) is 6.92 Å². The number of rotatable bonds is 8. The van der Waals surface area contributed by atoms with Crippen molar-refractivity contribution in [2.75, 3.05) is 33.0 Å². The molecule has 3 saturated carbocycles. The SMILES string of the molecule is CC1(C)O[C@@H]2C[C@H]3[C@@H]4CCC5=CC(=O)C=C[C@]5(C)[C@@]4(F)[C@@H](O)C[C@]3(C)[C@]2(C(=O)COC(=O)OCCOCCN)O1. The third-order valence-electron chi connectivity index (χ3n) is 10.1. The van der Waals surface area contributed by atoms with E-state index in [4.69, 9.17) is 29.4 Å². The molecule has 4 fully saturated rings. The quantitative estimate of drug-likeness (QED) is 0.333. The van der Waals surface area contributed by atoms with Crippen LogP contribution in [0.25, 0.3) is 0 Å². The van der Waals surface area contributed by atoms with Gasteiger partial charge in [0.2, 0.25) is 5.78 Å². The number of hydrogen-bond acceptors (Lipinski definition) is 10. The highest BCUT2D eigenvalue weighted by atomic mass is 19.1. The van der Waals surface area contributed by atoms with Gasteiger partial charge >= 0.3 is 6.16 Å². The number of aliphatic hydroxyl groups excluding tert-OH is 1. The number of nitrogens with two attached hydrogens (primary N) is 1. The van der Waals surface area contributed by atoms with Gasteiger partial charge in [0.05, 0.1) is 25.4 Å². The number of Topliss-reactive ketones (excluding diaryl/α,β-unsaturated/α-hetero) is 1. The fourth-order valence-corrected chi connectivity index (χ4v) is 8.45. The number of alkyl halides is 1. The number of allylic oxidation sites excluding steroid dienone is 4. The lowest BCUT2D eigenvalue weighted by Crippen LogP contribution is -2.70. The Morgan fingerprint density at radius 1 is 1.15 bits per heavy atom. The van der Waals surface area contributed by atoms with Crippen molar-refractivity contribution in [3.63, 3.8) is 0 Å². The second-order valence-electron chi connectivity index (χ2n) is 12.6. The van der Waals surface area contributed by atoms with E-state index in [1.165, 1.54) is 12.2 Å². The Morgan fingerprint density at radius 3 is 2.62 bits per heavy atom. The minimum absolute atomic E-state index is 0.0606. The smallest absolute Gasteiger partial charge is 0.432 e. The van der Waals surface area contributed by atoms with Crippen molar-refractivity contribution in [1.29, 1.82) is 0 Å². The van der Waals surface area contributed by atoms with Crippen molar-refractivity contribution in [1.82, 2.24) is 0 Å². The molecule has 0 radical (unpaired) electrons. The lowest BCUT2D eigenvalue weighted by molar-refractivity contribution is -0.246. The molecule has 0 amide bonds. The number of carbonyl (C=O) groups excluding carboxylic acids is 3. The minimum atomic E-state index is -2.05. The Hall–Kier alpha value is -2.18. The molecule has 5 aliphatic rings. The van der Waals surface area contributed by atoms with Gasteiger partial charge in [0, 0.05) is 23.3 Å². The maximum absolute atomic E-state index is 17.4. The molecular formula is C29H40FNO9. The number of aliphatic hydroxyl groups is 1. The van der Waals surface area contributed by atoms with Gasteiger partial charge < -0.3 is 34.5 Å². The zero-order valence-corrected chi connectivity index (χ0v) is 23.6. The maximum Gasteiger partial charge on any atom is 0.508 e. The van der Waals surface area contributed by atoms with Crippen LogP contribution in [0.5, 0.6) is 0 Å². The number of ether oxygens (including phenoxy) is 5. The third kappa shape index (κ3) is 4.11. The Morgan fingerprint density at radius 2 is 1.90 bits per heavy atom. The fourth-order valence-electron chi connectivity index (χ4n) is 8.45. The van der Waals surface area contributed by atoms with E-state index in [9.17, 15) is 19.5 Å². The summed E-state index contributed by atoms with van der Waals surface area (Å²) in [5, 5.41) is 11.6. The molecule has 0 aromatic rings. The summed E-state index contributed by atoms with van der Waals surface area (Å²) in [5.41, 5.74) is 0.244. The highest BCUT2D eigenvalue weighted by Gasteiger charge is 2.80. The number of carbonyl (C=O) groups is 3. The Kier molecular flexibility index (Phi) is 7.31. The summed E-state index contributed by atoms with van der Waals surface area (Å²) < 4.78 is 45.4. The summed E-state index contributed by atoms with van der Waals surface area (Å²) in [6.07, 6.45) is 2.44. The van der Waals surface area contributed by atoms with Gasteiger partial charge in [-0.25, -0.2) is 9.18 Å². The molecule has 1 aliphatic heterocycles. The van der Waals surface area contributed by atoms with Crippen LogP contribution in [0.15, 0.2) is 23.8 Å². The molecule has 5 rings (SSSR count). The lowest BCUT2D eigenvalue weighted by atomic mass is 9.44. The zero-order valence-electron chi connectivity index (χ0n) is 23.6. The molecule has 0 aromatic heterocycles. The Bertz CT molecular complexity index is 1140. The van der Waals surface area contributed by atoms with Crippen LogP contribution < -0.4 is 5.73 Å². The molecule has 3 N–H and O–H groups in total. The predicted molar refractivity (Wildman–Crippen MR) is 139 cm³/mol. The first-order valence-corrected chi connectivity index (χ1v) is 14.0. The highest BCUT2D eigenvalue weighted by molar-refractivity contribution is 6.01. The molecule has 0 unspecified atom stereocenters. The predicted octanol–water partition coefficient (Wildman–Crippen LogP) is 2.55. The first-order chi connectivity index (χ1) is 18.7. The standard InChI is InChI=1S/C29H40FNO9/c1-25(2)39-23-14-20-19-6-5-17-13-18(32)7-8-26(17,3)28(19,30)21(33)15-27(20,4)29(23,40-25)22(34)16-38-24(35)37-12-11-36-10-9-31/h7-8,13,19-21,23,33H,5-6,9-12,14-16,31H2,1-4H3/t19-,20-,21-,23+,26-,27-,28-,29+/m0/s1. The van der Waals surface area contributed by atoms with Crippen molar-refractivity contribution < 1.29 is 47.6 Å². The third-order valence-corrected chi connectivity index (χ3v) is 10.1. The van der Waals surface area contributed by atoms with Crippen molar-refractivity contribution in [3.05, 3.63) is 23.8 Å². The summed E-state index contributed by atoms with van der Waals surface area (Å²) in [6.45, 7) is 7.12. The van der Waals surface area contributed by atoms with Crippen LogP contribution in [0, 0.1) is 22.7 Å². The van der Waals surface area contributed by atoms with Crippen molar-refractivity contribution in [2.45, 2.75) is 82.6 Å². The molecule has 1 heterocycles. The molecule has 40 heavy (non-hydrogen) atoms. The van der Waals surface area contributed by atoms with Crippen LogP contribution in [0.3, 0.4) is 0 Å². The largest absolute Gasteiger partial charge is 0.508 e. The maximum atomic E-state index is 17.4. The van der Waals surface area contributed by atoms with Gasteiger partial charge in [0.15, 0.2) is 29.4 Å². The number of hydrogen-bond donors (Lipinski definition) is 2. The van der Waals surface area contributed by atoms with Gasteiger partial charge in [-0.05, 0) is 64.5 Å². The molecule has 1 saturated heterocycles. The van der Waals surface area contributed by atoms with Crippen LogP contribution >= 0.6 is 0 Å². The fraction of sp³-hybridized carbons (Fsp3) is 0.759. The van der Waals surface area contributed by atoms with Crippen molar-refractivity contribution in [2.24, 2.45) is 28.4 Å². The monoisotopic (exact) mass is 565 g/mol. The highest BCUT2D eigenvalue weighted by Crippen LogP contribution is 2.72. The van der Waals surface area contributed by atoms with Crippen LogP contribution in [0.1, 0.15) is 53.4 Å². The van der Waals surface area contributed by atoms with E-state index < -0.39 is 64.6 Å². The summed E-state index contributed by atoms with van der Waals surface area (Å²) in [4.78, 5) is 38.2. The van der Waals surface area contributed by atoms with Gasteiger partial charge in [-0.2, -0.15) is 0 Å². The van der Waals surface area contributed by atoms with Crippen molar-refractivity contribution >= 4 is 17.7 Å². The van der Waals surface area contributed by atoms with Crippen LogP contribution in [-0.4, -0.2) is 85.1 Å². The molecule has 11 heteroatoms. The number of fused-ring (bicyclic) bond motifs is 7. The topological polar surface area (TPSA) is 144 Å². The lowest BCUT2D eigenvalue weighted by Gasteiger charge is -2.62. The second kappa shape index (κ2) is 9.97. The van der Waals surface area contributed by atoms with Crippen LogP contribution in [0.2, 0.25) is 0 Å². The van der Waals surface area contributed by atoms with Crippen LogP contribution in [0.4, 0.5) is 9.18 Å². The Balaban J connectivity index is 1.41. The van der Waals surface area contributed by atoms with Gasteiger partial charge in [-0.15, -0.1) is 0 Å². The molecule has 0 bridgehead atoms. The normalized spacial score (nSPS) is 42.8. The van der Waals surface area contributed by atoms with Crippen molar-refractivity contribution in [3.8, 4) is 0 Å². The molecular weight excluding hydrogens is 525 g/mol. The molecule has 4 aliphatic carbocycles. The summed E-state index contributed by atoms with van der Waals surface area (Å²) >= 11 is 0. The van der Waals surface area contributed by atoms with E-state index in [-0.39, 0.29) is 31.3 Å². The van der Waals surface area contributed by atoms with Gasteiger partial charge in [0.25, 0.3) is 0 Å². The molecule has 8 atom stereocenters. The summed E-state index contributed by atoms with van der Waals surface area (Å²) in [6, 6.07) is 0.